The van der Waals surface area contributed by atoms with E-state index in [0.29, 0.717) is 5.69 Å². The number of nitrogens with zero attached hydrogens (tertiary/aromatic N) is 1. The largest absolute Gasteiger partial charge is 0.455 e. The smallest absolute Gasteiger partial charge is 0.309 e. The van der Waals surface area contributed by atoms with E-state index in [-0.39, 0.29) is 18.1 Å². The van der Waals surface area contributed by atoms with Crippen LogP contribution in [0.15, 0.2) is 41.9 Å². The lowest BCUT2D eigenvalue weighted by Gasteiger charge is -2.34. The molecule has 0 aliphatic carbocycles. The van der Waals surface area contributed by atoms with E-state index in [2.05, 4.69) is 4.98 Å². The molecule has 2 heterocycles. The van der Waals surface area contributed by atoms with Crippen LogP contribution in [-0.2, 0) is 14.3 Å². The van der Waals surface area contributed by atoms with Crippen molar-refractivity contribution in [2.24, 2.45) is 17.3 Å². The maximum Gasteiger partial charge on any atom is 0.309 e. The SMILES string of the molecule is CC1=CC[C@@H](C(F)=Cc2ccccn2)OC(=O)C[C@H](O)C(C)(C)C(=O)[C@H](C)[C@@H](O)[C@@H](C)CCC1. The molecule has 1 aromatic rings. The number of aromatic nitrogens is 1. The summed E-state index contributed by atoms with van der Waals surface area (Å²) in [6, 6.07) is 5.10. The van der Waals surface area contributed by atoms with Gasteiger partial charge in [-0.3, -0.25) is 14.6 Å². The minimum absolute atomic E-state index is 0.107. The number of carbonyl (C=O) groups excluding carboxylic acids is 2. The number of aliphatic hydroxyl groups is 2. The first-order valence-electron chi connectivity index (χ1n) is 12.0. The number of esters is 1. The van der Waals surface area contributed by atoms with Gasteiger partial charge in [-0.15, -0.1) is 0 Å². The number of aliphatic hydroxyl groups excluding tert-OH is 2. The molecule has 0 bridgehead atoms. The van der Waals surface area contributed by atoms with Crippen LogP contribution in [0.2, 0.25) is 0 Å². The summed E-state index contributed by atoms with van der Waals surface area (Å²) in [6.07, 6.45) is 3.21. The molecule has 0 amide bonds. The van der Waals surface area contributed by atoms with Crippen LogP contribution in [0.4, 0.5) is 4.39 Å². The van der Waals surface area contributed by atoms with Gasteiger partial charge in [-0.05, 0) is 50.3 Å². The number of cyclic esters (lactones) is 1. The maximum absolute atomic E-state index is 15.1. The Hall–Kier alpha value is -2.38. The molecule has 188 valence electrons. The second-order valence-corrected chi connectivity index (χ2v) is 10.0. The van der Waals surface area contributed by atoms with Gasteiger partial charge in [-0.2, -0.15) is 0 Å². The third-order valence-electron chi connectivity index (χ3n) is 6.80. The molecule has 2 N–H and O–H groups in total. The molecule has 34 heavy (non-hydrogen) atoms. The van der Waals surface area contributed by atoms with Crippen molar-refractivity contribution in [1.29, 1.82) is 0 Å². The fraction of sp³-hybridized carbons (Fsp3) is 0.593. The molecule has 1 aliphatic rings. The molecule has 0 unspecified atom stereocenters. The van der Waals surface area contributed by atoms with Gasteiger partial charge in [0.2, 0.25) is 0 Å². The Morgan fingerprint density at radius 3 is 2.59 bits per heavy atom. The molecule has 0 saturated carbocycles. The van der Waals surface area contributed by atoms with E-state index in [1.165, 1.54) is 6.08 Å². The minimum Gasteiger partial charge on any atom is -0.455 e. The maximum atomic E-state index is 15.1. The van der Waals surface area contributed by atoms with Gasteiger partial charge in [0.25, 0.3) is 0 Å². The molecule has 2 rings (SSSR count). The predicted molar refractivity (Wildman–Crippen MR) is 129 cm³/mol. The highest BCUT2D eigenvalue weighted by molar-refractivity contribution is 5.88. The summed E-state index contributed by atoms with van der Waals surface area (Å²) in [5.41, 5.74) is 0.132. The van der Waals surface area contributed by atoms with E-state index in [1.54, 1.807) is 45.2 Å². The Morgan fingerprint density at radius 2 is 1.94 bits per heavy atom. The van der Waals surface area contributed by atoms with E-state index in [9.17, 15) is 19.8 Å². The fourth-order valence-electron chi connectivity index (χ4n) is 4.22. The number of carbonyl (C=O) groups is 2. The predicted octanol–water partition coefficient (Wildman–Crippen LogP) is 4.80. The molecule has 0 saturated heterocycles. The summed E-state index contributed by atoms with van der Waals surface area (Å²) in [4.78, 5) is 29.8. The van der Waals surface area contributed by atoms with Crippen LogP contribution in [0, 0.1) is 17.3 Å². The molecule has 0 aromatic carbocycles. The summed E-state index contributed by atoms with van der Waals surface area (Å²) in [5.74, 6) is -2.58. The number of Topliss-reactive ketones (excluding diaryl/α,β-unsaturated/α-hetero) is 1. The zero-order chi connectivity index (χ0) is 25.5. The summed E-state index contributed by atoms with van der Waals surface area (Å²) < 4.78 is 20.5. The number of hydrogen-bond donors (Lipinski definition) is 2. The van der Waals surface area contributed by atoms with Crippen molar-refractivity contribution < 1.29 is 28.9 Å². The summed E-state index contributed by atoms with van der Waals surface area (Å²) in [5, 5.41) is 21.4. The zero-order valence-corrected chi connectivity index (χ0v) is 20.8. The van der Waals surface area contributed by atoms with Crippen LogP contribution >= 0.6 is 0 Å². The Kier molecular flexibility index (Phi) is 10.1. The molecular weight excluding hydrogens is 437 g/mol. The van der Waals surface area contributed by atoms with Crippen LogP contribution in [0.25, 0.3) is 6.08 Å². The number of ketones is 1. The summed E-state index contributed by atoms with van der Waals surface area (Å²) in [6.45, 7) is 8.59. The average Bonchev–Trinajstić information content (AvgIpc) is 2.79. The zero-order valence-electron chi connectivity index (χ0n) is 20.8. The summed E-state index contributed by atoms with van der Waals surface area (Å²) in [7, 11) is 0. The monoisotopic (exact) mass is 475 g/mol. The Bertz CT molecular complexity index is 896. The third kappa shape index (κ3) is 7.57. The number of hydrogen-bond acceptors (Lipinski definition) is 6. The van der Waals surface area contributed by atoms with Crippen molar-refractivity contribution >= 4 is 17.8 Å². The first kappa shape index (κ1) is 27.9. The molecule has 6 nitrogen and oxygen atoms in total. The number of halogens is 1. The highest BCUT2D eigenvalue weighted by Crippen LogP contribution is 2.32. The van der Waals surface area contributed by atoms with Gasteiger partial charge in [0.05, 0.1) is 29.7 Å². The van der Waals surface area contributed by atoms with Gasteiger partial charge in [-0.25, -0.2) is 4.39 Å². The molecule has 0 spiro atoms. The summed E-state index contributed by atoms with van der Waals surface area (Å²) >= 11 is 0. The lowest BCUT2D eigenvalue weighted by molar-refractivity contribution is -0.154. The van der Waals surface area contributed by atoms with Crippen LogP contribution in [-0.4, -0.2) is 45.3 Å². The normalized spacial score (nSPS) is 30.4. The number of ether oxygens (including phenoxy) is 1. The van der Waals surface area contributed by atoms with E-state index in [4.69, 9.17) is 4.74 Å². The highest BCUT2D eigenvalue weighted by atomic mass is 19.1. The second-order valence-electron chi connectivity index (χ2n) is 10.0. The second kappa shape index (κ2) is 12.4. The Labute approximate surface area is 201 Å². The van der Waals surface area contributed by atoms with Gasteiger partial charge in [0, 0.05) is 18.5 Å². The van der Waals surface area contributed by atoms with Gasteiger partial charge in [-0.1, -0.05) is 45.4 Å². The molecule has 5 atom stereocenters. The van der Waals surface area contributed by atoms with Crippen molar-refractivity contribution in [2.45, 2.75) is 85.0 Å². The van der Waals surface area contributed by atoms with E-state index < -0.39 is 47.9 Å². The van der Waals surface area contributed by atoms with E-state index in [1.807, 2.05) is 19.9 Å². The first-order valence-corrected chi connectivity index (χ1v) is 12.0. The molecule has 0 fully saturated rings. The number of rotatable bonds is 2. The Morgan fingerprint density at radius 1 is 1.24 bits per heavy atom. The molecular formula is C27H38FNO5. The number of allylic oxidation sites excluding steroid dienone is 1. The van der Waals surface area contributed by atoms with Crippen LogP contribution in [0.3, 0.4) is 0 Å². The highest BCUT2D eigenvalue weighted by Gasteiger charge is 2.42. The standard InChI is InChI=1S/C27H38FNO5/c1-17-9-8-10-18(2)25(32)19(3)26(33)27(4,5)23(30)16-24(31)34-22(13-12-17)21(28)15-20-11-6-7-14-29-20/h6-7,11-12,14-15,18-19,22-23,25,30,32H,8-10,13,16H2,1-5H3/t18-,19+,22-,23-,25-/m0/s1. The number of pyridine rings is 1. The van der Waals surface area contributed by atoms with Crippen LogP contribution in [0.5, 0.6) is 0 Å². The molecule has 0 radical (unpaired) electrons. The first-order chi connectivity index (χ1) is 15.9. The molecule has 7 heteroatoms. The van der Waals surface area contributed by atoms with Crippen molar-refractivity contribution in [3.05, 3.63) is 47.6 Å². The van der Waals surface area contributed by atoms with Crippen molar-refractivity contribution in [2.75, 3.05) is 0 Å². The quantitative estimate of drug-likeness (QED) is 0.471. The van der Waals surface area contributed by atoms with Crippen LogP contribution < -0.4 is 0 Å². The molecule has 1 aliphatic heterocycles. The topological polar surface area (TPSA) is 96.7 Å². The minimum atomic E-state index is -1.34. The average molecular weight is 476 g/mol. The van der Waals surface area contributed by atoms with Gasteiger partial charge < -0.3 is 14.9 Å². The Balaban J connectivity index is 2.33. The lowest BCUT2D eigenvalue weighted by Crippen LogP contribution is -2.45. The van der Waals surface area contributed by atoms with Gasteiger partial charge in [0.1, 0.15) is 11.6 Å². The van der Waals surface area contributed by atoms with Crippen LogP contribution in [0.1, 0.15) is 72.4 Å². The van der Waals surface area contributed by atoms with Gasteiger partial charge >= 0.3 is 5.97 Å². The van der Waals surface area contributed by atoms with Gasteiger partial charge in [0.15, 0.2) is 6.10 Å². The fourth-order valence-corrected chi connectivity index (χ4v) is 4.22. The van der Waals surface area contributed by atoms with Crippen molar-refractivity contribution in [3.63, 3.8) is 0 Å². The van der Waals surface area contributed by atoms with E-state index in [0.717, 1.165) is 24.8 Å². The lowest BCUT2D eigenvalue weighted by atomic mass is 9.73. The molecule has 1 aromatic heterocycles. The van der Waals surface area contributed by atoms with Crippen molar-refractivity contribution in [3.8, 4) is 0 Å². The van der Waals surface area contributed by atoms with E-state index >= 15 is 4.39 Å². The van der Waals surface area contributed by atoms with Crippen molar-refractivity contribution in [1.82, 2.24) is 4.98 Å². The third-order valence-corrected chi connectivity index (χ3v) is 6.80.